The Balaban J connectivity index is 2.25. The van der Waals surface area contributed by atoms with Gasteiger partial charge in [0.05, 0.1) is 30.3 Å². The fraction of sp³-hybridized carbons (Fsp3) is 0.286. The molecule has 2 atom stereocenters. The number of nitrogens with zero attached hydrogens (tertiary/aromatic N) is 1. The van der Waals surface area contributed by atoms with Gasteiger partial charge in [0.1, 0.15) is 0 Å². The molecular weight excluding hydrogens is 440 g/mol. The van der Waals surface area contributed by atoms with Crippen LogP contribution in [0.5, 0.6) is 5.75 Å². The second-order valence-electron chi connectivity index (χ2n) is 6.97. The van der Waals surface area contributed by atoms with Gasteiger partial charge < -0.3 is 20.3 Å². The number of halogens is 5. The molecule has 0 spiro atoms. The van der Waals surface area contributed by atoms with E-state index in [0.29, 0.717) is 16.6 Å². The van der Waals surface area contributed by atoms with E-state index in [1.165, 1.54) is 6.07 Å². The molecule has 0 aliphatic carbocycles. The summed E-state index contributed by atoms with van der Waals surface area (Å²) in [5.74, 6) is -1.68. The Labute approximate surface area is 180 Å². The standard InChI is InChI=1S/C21H19ClF4N2O3/c1-11-6-7-12-15(27-11)4-3-5-16(12)28-19(20(30,10-29)21(24,25)26)13-8-9-14(22)17(23)18(13)31-2/h3-9,19,28-30H,10H2,1-2H3/t19-,20?/m1/s1. The average Bonchev–Trinajstić information content (AvgIpc) is 2.72. The van der Waals surface area contributed by atoms with Crippen molar-refractivity contribution in [2.24, 2.45) is 0 Å². The van der Waals surface area contributed by atoms with E-state index in [1.807, 2.05) is 0 Å². The summed E-state index contributed by atoms with van der Waals surface area (Å²) < 4.78 is 61.2. The molecule has 0 saturated heterocycles. The van der Waals surface area contributed by atoms with Crippen molar-refractivity contribution in [2.45, 2.75) is 24.7 Å². The summed E-state index contributed by atoms with van der Waals surface area (Å²) in [5, 5.41) is 22.9. The lowest BCUT2D eigenvalue weighted by atomic mass is 9.87. The number of fused-ring (bicyclic) bond motifs is 1. The van der Waals surface area contributed by atoms with Gasteiger partial charge in [-0.2, -0.15) is 13.2 Å². The number of aliphatic hydroxyl groups excluding tert-OH is 1. The summed E-state index contributed by atoms with van der Waals surface area (Å²) >= 11 is 5.74. The fourth-order valence-corrected chi connectivity index (χ4v) is 3.47. The van der Waals surface area contributed by atoms with Gasteiger partial charge in [-0.15, -0.1) is 0 Å². The van der Waals surface area contributed by atoms with Crippen molar-refractivity contribution in [3.05, 3.63) is 64.6 Å². The quantitative estimate of drug-likeness (QED) is 0.463. The van der Waals surface area contributed by atoms with Gasteiger partial charge in [-0.3, -0.25) is 4.98 Å². The molecule has 0 aliphatic heterocycles. The van der Waals surface area contributed by atoms with E-state index in [1.54, 1.807) is 31.2 Å². The number of alkyl halides is 3. The van der Waals surface area contributed by atoms with E-state index in [0.717, 1.165) is 19.2 Å². The van der Waals surface area contributed by atoms with Crippen molar-refractivity contribution in [1.82, 2.24) is 4.98 Å². The molecule has 31 heavy (non-hydrogen) atoms. The van der Waals surface area contributed by atoms with Crippen molar-refractivity contribution < 1.29 is 32.5 Å². The van der Waals surface area contributed by atoms with Gasteiger partial charge >= 0.3 is 6.18 Å². The molecule has 10 heteroatoms. The molecule has 0 amide bonds. The number of aryl methyl sites for hydroxylation is 1. The number of aromatic nitrogens is 1. The Kier molecular flexibility index (Phi) is 6.31. The first kappa shape index (κ1) is 23.1. The van der Waals surface area contributed by atoms with Gasteiger partial charge in [-0.25, -0.2) is 4.39 Å². The number of nitrogens with one attached hydrogen (secondary N) is 1. The van der Waals surface area contributed by atoms with Crippen LogP contribution in [0, 0.1) is 12.7 Å². The van der Waals surface area contributed by atoms with E-state index in [9.17, 15) is 27.8 Å². The molecule has 1 aromatic heterocycles. The Bertz CT molecular complexity index is 1110. The molecule has 0 saturated carbocycles. The van der Waals surface area contributed by atoms with Crippen LogP contribution in [0.15, 0.2) is 42.5 Å². The van der Waals surface area contributed by atoms with Crippen molar-refractivity contribution in [1.29, 1.82) is 0 Å². The number of hydrogen-bond donors (Lipinski definition) is 3. The lowest BCUT2D eigenvalue weighted by Gasteiger charge is -2.38. The van der Waals surface area contributed by atoms with E-state index in [4.69, 9.17) is 16.3 Å². The zero-order valence-electron chi connectivity index (χ0n) is 16.5. The molecule has 3 N–H and O–H groups in total. The third-order valence-electron chi connectivity index (χ3n) is 4.98. The SMILES string of the molecule is COc1c([C@@H](Nc2cccc3nc(C)ccc23)C(O)(CO)C(F)(F)F)ccc(Cl)c1F. The van der Waals surface area contributed by atoms with Crippen molar-refractivity contribution in [3.8, 4) is 5.75 Å². The molecular formula is C21H19ClF4N2O3. The summed E-state index contributed by atoms with van der Waals surface area (Å²) in [5.41, 5.74) is -2.68. The molecule has 2 aromatic carbocycles. The van der Waals surface area contributed by atoms with Crippen LogP contribution in [0.2, 0.25) is 5.02 Å². The number of hydrogen-bond acceptors (Lipinski definition) is 5. The minimum Gasteiger partial charge on any atom is -0.493 e. The maximum atomic E-state index is 14.5. The van der Waals surface area contributed by atoms with Crippen LogP contribution in [0.3, 0.4) is 0 Å². The largest absolute Gasteiger partial charge is 0.493 e. The van der Waals surface area contributed by atoms with E-state index < -0.39 is 36.0 Å². The van der Waals surface area contributed by atoms with Gasteiger partial charge in [-0.1, -0.05) is 23.7 Å². The number of benzene rings is 2. The highest BCUT2D eigenvalue weighted by Crippen LogP contribution is 2.46. The number of pyridine rings is 1. The molecule has 5 nitrogen and oxygen atoms in total. The smallest absolute Gasteiger partial charge is 0.421 e. The summed E-state index contributed by atoms with van der Waals surface area (Å²) in [6.45, 7) is 0.0710. The van der Waals surface area contributed by atoms with Gasteiger partial charge in [0, 0.05) is 22.3 Å². The highest BCUT2D eigenvalue weighted by Gasteiger charge is 2.59. The minimum absolute atomic E-state index is 0.184. The lowest BCUT2D eigenvalue weighted by Crippen LogP contribution is -2.55. The zero-order valence-corrected chi connectivity index (χ0v) is 17.2. The van der Waals surface area contributed by atoms with E-state index in [-0.39, 0.29) is 16.3 Å². The maximum absolute atomic E-state index is 14.5. The van der Waals surface area contributed by atoms with Gasteiger partial charge in [-0.05, 0) is 37.3 Å². The third kappa shape index (κ3) is 4.13. The number of rotatable bonds is 6. The molecule has 1 heterocycles. The first-order valence-electron chi connectivity index (χ1n) is 9.08. The molecule has 1 unspecified atom stereocenters. The van der Waals surface area contributed by atoms with Gasteiger partial charge in [0.25, 0.3) is 0 Å². The van der Waals surface area contributed by atoms with Crippen molar-refractivity contribution >= 4 is 28.2 Å². The summed E-state index contributed by atoms with van der Waals surface area (Å²) in [6, 6.07) is 8.15. The first-order chi connectivity index (χ1) is 14.5. The molecule has 3 aromatic rings. The topological polar surface area (TPSA) is 74.6 Å². The summed E-state index contributed by atoms with van der Waals surface area (Å²) in [6.07, 6.45) is -5.28. The number of ether oxygens (including phenoxy) is 1. The fourth-order valence-electron chi connectivity index (χ4n) is 3.32. The first-order valence-corrected chi connectivity index (χ1v) is 9.46. The second kappa shape index (κ2) is 8.49. The Morgan fingerprint density at radius 2 is 1.87 bits per heavy atom. The average molecular weight is 459 g/mol. The number of aliphatic hydroxyl groups is 2. The molecule has 0 radical (unpaired) electrons. The van der Waals surface area contributed by atoms with Gasteiger partial charge in [0.2, 0.25) is 5.60 Å². The molecule has 0 bridgehead atoms. The summed E-state index contributed by atoms with van der Waals surface area (Å²) in [4.78, 5) is 4.33. The Morgan fingerprint density at radius 3 is 2.48 bits per heavy atom. The van der Waals surface area contributed by atoms with Crippen LogP contribution in [-0.4, -0.2) is 40.7 Å². The normalized spacial score (nSPS) is 14.9. The third-order valence-corrected chi connectivity index (χ3v) is 5.27. The van der Waals surface area contributed by atoms with Crippen LogP contribution in [0.25, 0.3) is 10.9 Å². The summed E-state index contributed by atoms with van der Waals surface area (Å²) in [7, 11) is 1.06. The number of anilines is 1. The predicted molar refractivity (Wildman–Crippen MR) is 109 cm³/mol. The van der Waals surface area contributed by atoms with Gasteiger partial charge in [0.15, 0.2) is 11.6 Å². The molecule has 0 aliphatic rings. The predicted octanol–water partition coefficient (Wildman–Crippen LogP) is 4.78. The minimum atomic E-state index is -5.28. The second-order valence-corrected chi connectivity index (χ2v) is 7.37. The molecule has 0 fully saturated rings. The number of methoxy groups -OCH3 is 1. The molecule has 166 valence electrons. The van der Waals surface area contributed by atoms with E-state index in [2.05, 4.69) is 10.3 Å². The lowest BCUT2D eigenvalue weighted by molar-refractivity contribution is -0.277. The van der Waals surface area contributed by atoms with Crippen LogP contribution in [0.4, 0.5) is 23.2 Å². The highest BCUT2D eigenvalue weighted by atomic mass is 35.5. The Morgan fingerprint density at radius 1 is 1.16 bits per heavy atom. The van der Waals surface area contributed by atoms with E-state index >= 15 is 0 Å². The highest BCUT2D eigenvalue weighted by molar-refractivity contribution is 6.30. The molecule has 3 rings (SSSR count). The van der Waals surface area contributed by atoms with Crippen LogP contribution in [-0.2, 0) is 0 Å². The van der Waals surface area contributed by atoms with Crippen molar-refractivity contribution in [3.63, 3.8) is 0 Å². The van der Waals surface area contributed by atoms with Crippen molar-refractivity contribution in [2.75, 3.05) is 19.0 Å². The Hall–Kier alpha value is -2.62. The van der Waals surface area contributed by atoms with Crippen LogP contribution in [0.1, 0.15) is 17.3 Å². The zero-order chi connectivity index (χ0) is 23.0. The van der Waals surface area contributed by atoms with Crippen LogP contribution >= 0.6 is 11.6 Å². The maximum Gasteiger partial charge on any atom is 0.421 e. The van der Waals surface area contributed by atoms with Crippen LogP contribution < -0.4 is 10.1 Å². The monoisotopic (exact) mass is 458 g/mol.